The summed E-state index contributed by atoms with van der Waals surface area (Å²) in [6, 6.07) is 5.94. The van der Waals surface area contributed by atoms with Gasteiger partial charge in [0.1, 0.15) is 11.5 Å². The van der Waals surface area contributed by atoms with Gasteiger partial charge in [-0.25, -0.2) is 10.8 Å². The van der Waals surface area contributed by atoms with Crippen molar-refractivity contribution < 1.29 is 4.79 Å². The quantitative estimate of drug-likeness (QED) is 0.625. The SMILES string of the molecule is CN1CCCC2CN(C(=O)c3cccc(NN)n3)CCC21. The molecule has 0 aromatic carbocycles. The molecule has 1 aromatic rings. The van der Waals surface area contributed by atoms with Crippen molar-refractivity contribution in [3.63, 3.8) is 0 Å². The number of hydrazine groups is 1. The van der Waals surface area contributed by atoms with Crippen LogP contribution in [-0.4, -0.2) is 53.4 Å². The molecule has 0 radical (unpaired) electrons. The summed E-state index contributed by atoms with van der Waals surface area (Å²) in [4.78, 5) is 21.3. The van der Waals surface area contributed by atoms with Gasteiger partial charge in [0.15, 0.2) is 0 Å². The first kappa shape index (κ1) is 14.3. The van der Waals surface area contributed by atoms with E-state index in [1.165, 1.54) is 19.4 Å². The molecule has 3 N–H and O–H groups in total. The number of hydrogen-bond acceptors (Lipinski definition) is 5. The lowest BCUT2D eigenvalue weighted by Crippen LogP contribution is -2.54. The Morgan fingerprint density at radius 3 is 3.05 bits per heavy atom. The fourth-order valence-corrected chi connectivity index (χ4v) is 3.63. The minimum absolute atomic E-state index is 0.0128. The van der Waals surface area contributed by atoms with Crippen LogP contribution in [0.25, 0.3) is 0 Å². The van der Waals surface area contributed by atoms with E-state index in [1.807, 2.05) is 4.90 Å². The van der Waals surface area contributed by atoms with E-state index in [1.54, 1.807) is 18.2 Å². The lowest BCUT2D eigenvalue weighted by Gasteiger charge is -2.45. The molecule has 0 saturated carbocycles. The predicted octanol–water partition coefficient (Wildman–Crippen LogP) is 0.924. The highest BCUT2D eigenvalue weighted by Gasteiger charge is 2.36. The Bertz CT molecular complexity index is 521. The van der Waals surface area contributed by atoms with Crippen LogP contribution in [0.5, 0.6) is 0 Å². The van der Waals surface area contributed by atoms with Gasteiger partial charge in [0.2, 0.25) is 0 Å². The number of nitrogen functional groups attached to an aromatic ring is 1. The molecule has 2 unspecified atom stereocenters. The Morgan fingerprint density at radius 2 is 2.24 bits per heavy atom. The molecule has 114 valence electrons. The van der Waals surface area contributed by atoms with Gasteiger partial charge >= 0.3 is 0 Å². The van der Waals surface area contributed by atoms with E-state index in [4.69, 9.17) is 5.84 Å². The van der Waals surface area contributed by atoms with Crippen molar-refractivity contribution in [1.29, 1.82) is 0 Å². The topological polar surface area (TPSA) is 74.5 Å². The molecule has 3 heterocycles. The number of aromatic nitrogens is 1. The highest BCUT2D eigenvalue weighted by molar-refractivity contribution is 5.92. The summed E-state index contributed by atoms with van der Waals surface area (Å²) in [7, 11) is 2.20. The molecule has 1 aromatic heterocycles. The number of anilines is 1. The standard InChI is InChI=1S/C15H23N5O/c1-19-8-3-4-11-10-20(9-7-13(11)19)15(21)12-5-2-6-14(17-12)18-16/h2,5-6,11,13H,3-4,7-10,16H2,1H3,(H,17,18). The zero-order valence-electron chi connectivity index (χ0n) is 12.5. The third kappa shape index (κ3) is 2.87. The molecular weight excluding hydrogens is 266 g/mol. The molecule has 0 bridgehead atoms. The fourth-order valence-electron chi connectivity index (χ4n) is 3.63. The second-order valence-corrected chi connectivity index (χ2v) is 6.04. The van der Waals surface area contributed by atoms with Crippen molar-refractivity contribution in [3.05, 3.63) is 23.9 Å². The number of amides is 1. The summed E-state index contributed by atoms with van der Waals surface area (Å²) < 4.78 is 0. The zero-order chi connectivity index (χ0) is 14.8. The molecule has 2 saturated heterocycles. The zero-order valence-corrected chi connectivity index (χ0v) is 12.5. The number of nitrogens with zero attached hydrogens (tertiary/aromatic N) is 3. The van der Waals surface area contributed by atoms with Crippen LogP contribution in [0.2, 0.25) is 0 Å². The maximum Gasteiger partial charge on any atom is 0.272 e. The summed E-state index contributed by atoms with van der Waals surface area (Å²) in [5, 5.41) is 0. The van der Waals surface area contributed by atoms with Gasteiger partial charge in [-0.1, -0.05) is 6.07 Å². The first-order valence-corrected chi connectivity index (χ1v) is 7.62. The van der Waals surface area contributed by atoms with Crippen molar-refractivity contribution in [3.8, 4) is 0 Å². The summed E-state index contributed by atoms with van der Waals surface area (Å²) in [5.41, 5.74) is 2.95. The number of piperidine rings is 2. The Balaban J connectivity index is 1.71. The summed E-state index contributed by atoms with van der Waals surface area (Å²) in [6.07, 6.45) is 3.50. The average Bonchev–Trinajstić information content (AvgIpc) is 2.54. The molecule has 21 heavy (non-hydrogen) atoms. The Hall–Kier alpha value is -1.66. The monoisotopic (exact) mass is 289 g/mol. The van der Waals surface area contributed by atoms with E-state index in [2.05, 4.69) is 22.4 Å². The molecule has 3 rings (SSSR count). The van der Waals surface area contributed by atoms with E-state index in [0.717, 1.165) is 19.5 Å². The van der Waals surface area contributed by atoms with Crippen molar-refractivity contribution in [1.82, 2.24) is 14.8 Å². The Labute approximate surface area is 125 Å². The number of pyridine rings is 1. The minimum Gasteiger partial charge on any atom is -0.337 e. The molecule has 6 nitrogen and oxygen atoms in total. The molecule has 6 heteroatoms. The lowest BCUT2D eigenvalue weighted by atomic mass is 9.84. The van der Waals surface area contributed by atoms with Crippen LogP contribution < -0.4 is 11.3 Å². The third-order valence-electron chi connectivity index (χ3n) is 4.75. The molecule has 0 spiro atoms. The molecule has 2 fully saturated rings. The Kier molecular flexibility index (Phi) is 4.07. The number of fused-ring (bicyclic) bond motifs is 1. The van der Waals surface area contributed by atoms with Crippen LogP contribution in [0.3, 0.4) is 0 Å². The fraction of sp³-hybridized carbons (Fsp3) is 0.600. The highest BCUT2D eigenvalue weighted by Crippen LogP contribution is 2.30. The normalized spacial score (nSPS) is 26.3. The van der Waals surface area contributed by atoms with Gasteiger partial charge in [-0.2, -0.15) is 0 Å². The van der Waals surface area contributed by atoms with E-state index in [0.29, 0.717) is 23.5 Å². The van der Waals surface area contributed by atoms with Crippen molar-refractivity contribution in [2.45, 2.75) is 25.3 Å². The van der Waals surface area contributed by atoms with Crippen molar-refractivity contribution >= 4 is 11.7 Å². The van der Waals surface area contributed by atoms with E-state index >= 15 is 0 Å². The van der Waals surface area contributed by atoms with E-state index in [9.17, 15) is 4.79 Å². The highest BCUT2D eigenvalue weighted by atomic mass is 16.2. The smallest absolute Gasteiger partial charge is 0.272 e. The number of hydrogen-bond donors (Lipinski definition) is 2. The van der Waals surface area contributed by atoms with Crippen LogP contribution in [-0.2, 0) is 0 Å². The van der Waals surface area contributed by atoms with Crippen LogP contribution in [0, 0.1) is 5.92 Å². The van der Waals surface area contributed by atoms with Crippen molar-refractivity contribution in [2.75, 3.05) is 32.1 Å². The molecule has 2 aliphatic heterocycles. The number of carbonyl (C=O) groups is 1. The molecule has 2 aliphatic rings. The van der Waals surface area contributed by atoms with Gasteiger partial charge in [0, 0.05) is 19.1 Å². The lowest BCUT2D eigenvalue weighted by molar-refractivity contribution is 0.0313. The van der Waals surface area contributed by atoms with Crippen LogP contribution in [0.15, 0.2) is 18.2 Å². The molecule has 2 atom stereocenters. The maximum atomic E-state index is 12.6. The Morgan fingerprint density at radius 1 is 1.38 bits per heavy atom. The summed E-state index contributed by atoms with van der Waals surface area (Å²) >= 11 is 0. The largest absolute Gasteiger partial charge is 0.337 e. The second kappa shape index (κ2) is 5.99. The second-order valence-electron chi connectivity index (χ2n) is 6.04. The van der Waals surface area contributed by atoms with Crippen LogP contribution in [0.4, 0.5) is 5.82 Å². The molecular formula is C15H23N5O. The van der Waals surface area contributed by atoms with Gasteiger partial charge in [-0.15, -0.1) is 0 Å². The number of likely N-dealkylation sites (tertiary alicyclic amines) is 2. The summed E-state index contributed by atoms with van der Waals surface area (Å²) in [6.45, 7) is 2.84. The van der Waals surface area contributed by atoms with Gasteiger partial charge in [-0.05, 0) is 50.9 Å². The van der Waals surface area contributed by atoms with E-state index < -0.39 is 0 Å². The number of nitrogens with one attached hydrogen (secondary N) is 1. The number of carbonyl (C=O) groups excluding carboxylic acids is 1. The van der Waals surface area contributed by atoms with Gasteiger partial charge in [0.25, 0.3) is 5.91 Å². The van der Waals surface area contributed by atoms with Gasteiger partial charge in [0.05, 0.1) is 0 Å². The first-order chi connectivity index (χ1) is 10.2. The third-order valence-corrected chi connectivity index (χ3v) is 4.75. The molecule has 0 aliphatic carbocycles. The van der Waals surface area contributed by atoms with Crippen molar-refractivity contribution in [2.24, 2.45) is 11.8 Å². The minimum atomic E-state index is 0.0128. The average molecular weight is 289 g/mol. The predicted molar refractivity (Wildman–Crippen MR) is 81.7 cm³/mol. The van der Waals surface area contributed by atoms with E-state index in [-0.39, 0.29) is 5.91 Å². The first-order valence-electron chi connectivity index (χ1n) is 7.62. The van der Waals surface area contributed by atoms with Crippen LogP contribution >= 0.6 is 0 Å². The van der Waals surface area contributed by atoms with Gasteiger partial charge in [-0.3, -0.25) is 4.79 Å². The molecule has 1 amide bonds. The number of rotatable bonds is 2. The van der Waals surface area contributed by atoms with Gasteiger partial charge < -0.3 is 15.2 Å². The maximum absolute atomic E-state index is 12.6. The van der Waals surface area contributed by atoms with Crippen LogP contribution in [0.1, 0.15) is 29.8 Å². The number of nitrogens with two attached hydrogens (primary N) is 1. The summed E-state index contributed by atoms with van der Waals surface area (Å²) in [5.74, 6) is 6.49.